The molecule has 0 heterocycles. The molecule has 0 radical (unpaired) electrons. The molecule has 0 spiro atoms. The number of rotatable bonds is 3. The summed E-state index contributed by atoms with van der Waals surface area (Å²) in [6.45, 7) is 3.90. The fourth-order valence-electron chi connectivity index (χ4n) is 2.18. The lowest BCUT2D eigenvalue weighted by molar-refractivity contribution is -0.272. The van der Waals surface area contributed by atoms with Gasteiger partial charge in [-0.15, -0.1) is 0 Å². The number of hydrogen-bond acceptors (Lipinski definition) is 3. The number of carbonyl (C=O) groups excluding carboxylic acids is 1. The van der Waals surface area contributed by atoms with E-state index in [1.807, 2.05) is 26.0 Å². The van der Waals surface area contributed by atoms with Crippen LogP contribution in [0.2, 0.25) is 0 Å². The molecule has 0 aromatic heterocycles. The molecule has 0 amide bonds. The van der Waals surface area contributed by atoms with E-state index in [-0.39, 0.29) is 6.10 Å². The van der Waals surface area contributed by atoms with Crippen LogP contribution in [0.5, 0.6) is 0 Å². The predicted octanol–water partition coefficient (Wildman–Crippen LogP) is 3.33. The normalized spacial score (nSPS) is 16.1. The first-order chi connectivity index (χ1) is 8.16. The molecule has 1 aromatic rings. The quantitative estimate of drug-likeness (QED) is 0.594. The lowest BCUT2D eigenvalue weighted by Crippen LogP contribution is -2.14. The smallest absolute Gasteiger partial charge is 0.293 e. The van der Waals surface area contributed by atoms with Gasteiger partial charge in [-0.2, -0.15) is 4.89 Å². The molecule has 0 N–H and O–H groups in total. The van der Waals surface area contributed by atoms with Gasteiger partial charge in [0.15, 0.2) is 0 Å². The molecular weight excluding hydrogens is 216 g/mol. The SMILES string of the molecule is Cc1ccc(C(=O)OOC2CCCC2)c(C)c1. The van der Waals surface area contributed by atoms with Gasteiger partial charge in [-0.1, -0.05) is 30.5 Å². The summed E-state index contributed by atoms with van der Waals surface area (Å²) in [6, 6.07) is 5.65. The van der Waals surface area contributed by atoms with Crippen LogP contribution in [0.25, 0.3) is 0 Å². The Bertz CT molecular complexity index is 406. The maximum absolute atomic E-state index is 11.8. The molecule has 0 aliphatic heterocycles. The van der Waals surface area contributed by atoms with Crippen molar-refractivity contribution in [3.05, 3.63) is 34.9 Å². The minimum atomic E-state index is -0.394. The van der Waals surface area contributed by atoms with Crippen LogP contribution in [0.4, 0.5) is 0 Å². The molecule has 1 saturated carbocycles. The summed E-state index contributed by atoms with van der Waals surface area (Å²) < 4.78 is 0. The minimum Gasteiger partial charge on any atom is -0.293 e. The lowest BCUT2D eigenvalue weighted by atomic mass is 10.1. The van der Waals surface area contributed by atoms with Gasteiger partial charge in [-0.05, 0) is 38.3 Å². The Balaban J connectivity index is 1.94. The second-order valence-corrected chi connectivity index (χ2v) is 4.69. The molecule has 0 saturated heterocycles. The first kappa shape index (κ1) is 12.1. The second kappa shape index (κ2) is 5.32. The molecule has 0 atom stereocenters. The Hall–Kier alpha value is -1.35. The summed E-state index contributed by atoms with van der Waals surface area (Å²) in [6.07, 6.45) is 4.38. The summed E-state index contributed by atoms with van der Waals surface area (Å²) in [7, 11) is 0. The van der Waals surface area contributed by atoms with Crippen molar-refractivity contribution in [2.45, 2.75) is 45.6 Å². The van der Waals surface area contributed by atoms with E-state index >= 15 is 0 Å². The fraction of sp³-hybridized carbons (Fsp3) is 0.500. The van der Waals surface area contributed by atoms with Crippen LogP contribution in [0, 0.1) is 13.8 Å². The van der Waals surface area contributed by atoms with Gasteiger partial charge in [0.05, 0.1) is 5.56 Å². The topological polar surface area (TPSA) is 35.5 Å². The zero-order valence-electron chi connectivity index (χ0n) is 10.4. The van der Waals surface area contributed by atoms with Crippen LogP contribution in [0.1, 0.15) is 47.2 Å². The third kappa shape index (κ3) is 3.07. The third-order valence-corrected chi connectivity index (χ3v) is 3.16. The highest BCUT2D eigenvalue weighted by Gasteiger charge is 2.19. The number of aryl methyl sites for hydroxylation is 2. The summed E-state index contributed by atoms with van der Waals surface area (Å²) in [5.41, 5.74) is 2.63. The molecule has 3 nitrogen and oxygen atoms in total. The van der Waals surface area contributed by atoms with Crippen molar-refractivity contribution in [2.75, 3.05) is 0 Å². The Morgan fingerprint density at radius 3 is 2.59 bits per heavy atom. The highest BCUT2D eigenvalue weighted by atomic mass is 17.2. The average Bonchev–Trinajstić information content (AvgIpc) is 2.78. The van der Waals surface area contributed by atoms with Gasteiger partial charge in [-0.25, -0.2) is 4.79 Å². The van der Waals surface area contributed by atoms with Crippen molar-refractivity contribution in [3.63, 3.8) is 0 Å². The Labute approximate surface area is 102 Å². The van der Waals surface area contributed by atoms with Gasteiger partial charge in [0.1, 0.15) is 6.10 Å². The summed E-state index contributed by atoms with van der Waals surface area (Å²) in [5.74, 6) is -0.394. The third-order valence-electron chi connectivity index (χ3n) is 3.16. The van der Waals surface area contributed by atoms with E-state index in [9.17, 15) is 4.79 Å². The zero-order valence-corrected chi connectivity index (χ0v) is 10.4. The summed E-state index contributed by atoms with van der Waals surface area (Å²) in [5, 5.41) is 0. The molecule has 92 valence electrons. The van der Waals surface area contributed by atoms with Crippen LogP contribution >= 0.6 is 0 Å². The Morgan fingerprint density at radius 2 is 1.94 bits per heavy atom. The van der Waals surface area contributed by atoms with Crippen molar-refractivity contribution in [2.24, 2.45) is 0 Å². The molecule has 0 bridgehead atoms. The molecule has 0 unspecified atom stereocenters. The molecule has 1 aliphatic carbocycles. The first-order valence-electron chi connectivity index (χ1n) is 6.12. The van der Waals surface area contributed by atoms with Crippen LogP contribution < -0.4 is 0 Å². The largest absolute Gasteiger partial charge is 0.373 e. The van der Waals surface area contributed by atoms with E-state index in [1.54, 1.807) is 6.07 Å². The second-order valence-electron chi connectivity index (χ2n) is 4.69. The van der Waals surface area contributed by atoms with E-state index in [0.717, 1.165) is 36.8 Å². The van der Waals surface area contributed by atoms with Crippen molar-refractivity contribution >= 4 is 5.97 Å². The predicted molar refractivity (Wildman–Crippen MR) is 64.7 cm³/mol. The van der Waals surface area contributed by atoms with Gasteiger partial charge in [-0.3, -0.25) is 4.89 Å². The standard InChI is InChI=1S/C14H18O3/c1-10-7-8-13(11(2)9-10)14(15)17-16-12-5-3-4-6-12/h7-9,12H,3-6H2,1-2H3. The van der Waals surface area contributed by atoms with Crippen molar-refractivity contribution in [3.8, 4) is 0 Å². The monoisotopic (exact) mass is 234 g/mol. The van der Waals surface area contributed by atoms with Gasteiger partial charge in [0.2, 0.25) is 0 Å². The Morgan fingerprint density at radius 1 is 1.24 bits per heavy atom. The van der Waals surface area contributed by atoms with Crippen molar-refractivity contribution in [1.82, 2.24) is 0 Å². The van der Waals surface area contributed by atoms with E-state index in [1.165, 1.54) is 0 Å². The molecule has 1 aliphatic rings. The number of hydrogen-bond donors (Lipinski definition) is 0. The van der Waals surface area contributed by atoms with Crippen LogP contribution in [0.3, 0.4) is 0 Å². The van der Waals surface area contributed by atoms with Crippen LogP contribution in [0.15, 0.2) is 18.2 Å². The van der Waals surface area contributed by atoms with Crippen LogP contribution in [-0.4, -0.2) is 12.1 Å². The molecule has 17 heavy (non-hydrogen) atoms. The van der Waals surface area contributed by atoms with E-state index < -0.39 is 5.97 Å². The maximum atomic E-state index is 11.8. The van der Waals surface area contributed by atoms with E-state index in [4.69, 9.17) is 9.78 Å². The van der Waals surface area contributed by atoms with E-state index in [2.05, 4.69) is 0 Å². The molecule has 1 fully saturated rings. The van der Waals surface area contributed by atoms with Gasteiger partial charge >= 0.3 is 5.97 Å². The fourth-order valence-corrected chi connectivity index (χ4v) is 2.18. The zero-order chi connectivity index (χ0) is 12.3. The minimum absolute atomic E-state index is 0.0877. The lowest BCUT2D eigenvalue weighted by Gasteiger charge is -2.10. The molecule has 2 rings (SSSR count). The van der Waals surface area contributed by atoms with Crippen molar-refractivity contribution in [1.29, 1.82) is 0 Å². The summed E-state index contributed by atoms with van der Waals surface area (Å²) >= 11 is 0. The maximum Gasteiger partial charge on any atom is 0.373 e. The number of carbonyl (C=O) groups is 1. The first-order valence-corrected chi connectivity index (χ1v) is 6.12. The van der Waals surface area contributed by atoms with Crippen LogP contribution in [-0.2, 0) is 9.78 Å². The molecular formula is C14H18O3. The molecule has 1 aromatic carbocycles. The highest BCUT2D eigenvalue weighted by Crippen LogP contribution is 2.21. The Kier molecular flexibility index (Phi) is 3.79. The average molecular weight is 234 g/mol. The van der Waals surface area contributed by atoms with Gasteiger partial charge in [0.25, 0.3) is 0 Å². The number of benzene rings is 1. The van der Waals surface area contributed by atoms with Gasteiger partial charge < -0.3 is 0 Å². The molecule has 3 heteroatoms. The van der Waals surface area contributed by atoms with E-state index in [0.29, 0.717) is 5.56 Å². The summed E-state index contributed by atoms with van der Waals surface area (Å²) in [4.78, 5) is 21.8. The highest BCUT2D eigenvalue weighted by molar-refractivity contribution is 5.90. The van der Waals surface area contributed by atoms with Crippen molar-refractivity contribution < 1.29 is 14.6 Å². The van der Waals surface area contributed by atoms with Gasteiger partial charge in [0, 0.05) is 0 Å².